The van der Waals surface area contributed by atoms with Gasteiger partial charge in [0.1, 0.15) is 12.6 Å². The van der Waals surface area contributed by atoms with E-state index in [4.69, 9.17) is 23.2 Å². The van der Waals surface area contributed by atoms with Crippen LogP contribution in [0.2, 0.25) is 10.0 Å². The number of nitrogens with zero attached hydrogens (tertiary/aromatic N) is 2. The molecule has 2 aromatic rings. The highest BCUT2D eigenvalue weighted by molar-refractivity contribution is 7.92. The van der Waals surface area contributed by atoms with Gasteiger partial charge in [0.2, 0.25) is 21.8 Å². The molecule has 2 amide bonds. The number of hydrogen-bond acceptors (Lipinski definition) is 4. The second-order valence-corrected chi connectivity index (χ2v) is 11.4. The Morgan fingerprint density at radius 2 is 1.74 bits per heavy atom. The molecule has 34 heavy (non-hydrogen) atoms. The maximum absolute atomic E-state index is 13.5. The molecule has 186 valence electrons. The Kier molecular flexibility index (Phi) is 9.79. The number of carbonyl (C=O) groups is 2. The van der Waals surface area contributed by atoms with Crippen LogP contribution < -0.4 is 9.62 Å². The van der Waals surface area contributed by atoms with Crippen LogP contribution >= 0.6 is 23.2 Å². The van der Waals surface area contributed by atoms with Crippen LogP contribution in [0.25, 0.3) is 0 Å². The SMILES string of the molecule is Cc1cccc(N(CC(=O)N(Cc2ccc(Cl)cc2Cl)[C@@H](C)C(=O)NCC(C)C)S(C)(=O)=O)c1. The minimum atomic E-state index is -3.78. The Labute approximate surface area is 212 Å². The van der Waals surface area contributed by atoms with E-state index in [9.17, 15) is 18.0 Å². The number of halogens is 2. The monoisotopic (exact) mass is 527 g/mol. The first-order valence-corrected chi connectivity index (χ1v) is 13.5. The molecule has 0 aliphatic rings. The molecule has 2 aromatic carbocycles. The van der Waals surface area contributed by atoms with Crippen molar-refractivity contribution in [1.29, 1.82) is 0 Å². The quantitative estimate of drug-likeness (QED) is 0.500. The number of hydrogen-bond donors (Lipinski definition) is 1. The van der Waals surface area contributed by atoms with Gasteiger partial charge in [-0.2, -0.15) is 0 Å². The summed E-state index contributed by atoms with van der Waals surface area (Å²) in [4.78, 5) is 27.7. The summed E-state index contributed by atoms with van der Waals surface area (Å²) in [7, 11) is -3.78. The van der Waals surface area contributed by atoms with Gasteiger partial charge in [-0.15, -0.1) is 0 Å². The zero-order valence-corrected chi connectivity index (χ0v) is 22.3. The first-order valence-electron chi connectivity index (χ1n) is 10.8. The molecule has 0 aliphatic heterocycles. The van der Waals surface area contributed by atoms with Crippen molar-refractivity contribution in [2.24, 2.45) is 5.92 Å². The third-order valence-corrected chi connectivity index (χ3v) is 6.90. The third kappa shape index (κ3) is 7.89. The number of amides is 2. The van der Waals surface area contributed by atoms with Gasteiger partial charge in [-0.3, -0.25) is 13.9 Å². The fourth-order valence-corrected chi connectivity index (χ4v) is 4.57. The van der Waals surface area contributed by atoms with Gasteiger partial charge in [-0.25, -0.2) is 8.42 Å². The summed E-state index contributed by atoms with van der Waals surface area (Å²) in [6, 6.07) is 10.9. The molecular formula is C24H31Cl2N3O4S. The highest BCUT2D eigenvalue weighted by Crippen LogP contribution is 2.24. The van der Waals surface area contributed by atoms with Crippen molar-refractivity contribution in [3.63, 3.8) is 0 Å². The van der Waals surface area contributed by atoms with E-state index in [0.29, 0.717) is 27.8 Å². The molecule has 0 spiro atoms. The molecule has 0 radical (unpaired) electrons. The Hall–Kier alpha value is -2.29. The maximum atomic E-state index is 13.5. The average molecular weight is 529 g/mol. The fraction of sp³-hybridized carbons (Fsp3) is 0.417. The van der Waals surface area contributed by atoms with Crippen LogP contribution in [0, 0.1) is 12.8 Å². The van der Waals surface area contributed by atoms with Crippen LogP contribution in [0.3, 0.4) is 0 Å². The van der Waals surface area contributed by atoms with Crippen molar-refractivity contribution in [1.82, 2.24) is 10.2 Å². The van der Waals surface area contributed by atoms with Crippen LogP contribution in [-0.4, -0.2) is 50.5 Å². The number of nitrogens with one attached hydrogen (secondary N) is 1. The number of anilines is 1. The molecule has 2 rings (SSSR count). The standard InChI is InChI=1S/C24H31Cl2N3O4S/c1-16(2)13-27-24(31)18(4)28(14-19-9-10-20(25)12-22(19)26)23(30)15-29(34(5,32)33)21-8-6-7-17(3)11-21/h6-12,16,18H,13-15H2,1-5H3,(H,27,31)/t18-/m0/s1. The first kappa shape index (κ1) is 28.0. The Balaban J connectivity index is 2.40. The predicted molar refractivity (Wildman–Crippen MR) is 138 cm³/mol. The van der Waals surface area contributed by atoms with Gasteiger partial charge in [0.15, 0.2) is 0 Å². The lowest BCUT2D eigenvalue weighted by Crippen LogP contribution is -2.51. The lowest BCUT2D eigenvalue weighted by molar-refractivity contribution is -0.139. The minimum absolute atomic E-state index is 0.0104. The van der Waals surface area contributed by atoms with Crippen molar-refractivity contribution in [2.45, 2.75) is 40.3 Å². The normalized spacial score (nSPS) is 12.4. The largest absolute Gasteiger partial charge is 0.354 e. The second-order valence-electron chi connectivity index (χ2n) is 8.68. The van der Waals surface area contributed by atoms with Gasteiger partial charge in [0, 0.05) is 23.1 Å². The van der Waals surface area contributed by atoms with Crippen molar-refractivity contribution in [3.05, 3.63) is 63.6 Å². The van der Waals surface area contributed by atoms with E-state index in [2.05, 4.69) is 5.32 Å². The van der Waals surface area contributed by atoms with Crippen molar-refractivity contribution in [2.75, 3.05) is 23.7 Å². The highest BCUT2D eigenvalue weighted by atomic mass is 35.5. The van der Waals surface area contributed by atoms with E-state index >= 15 is 0 Å². The van der Waals surface area contributed by atoms with E-state index in [-0.39, 0.29) is 18.4 Å². The molecule has 10 heteroatoms. The molecule has 0 aliphatic carbocycles. The lowest BCUT2D eigenvalue weighted by Gasteiger charge is -2.32. The van der Waals surface area contributed by atoms with Crippen molar-refractivity contribution in [3.8, 4) is 0 Å². The Bertz CT molecular complexity index is 1140. The summed E-state index contributed by atoms with van der Waals surface area (Å²) in [5.74, 6) is -0.646. The van der Waals surface area contributed by atoms with Crippen LogP contribution in [0.15, 0.2) is 42.5 Å². The molecule has 0 heterocycles. The Morgan fingerprint density at radius 1 is 1.06 bits per heavy atom. The van der Waals surface area contributed by atoms with Gasteiger partial charge in [0.25, 0.3) is 0 Å². The molecule has 1 N–H and O–H groups in total. The number of rotatable bonds is 10. The summed E-state index contributed by atoms with van der Waals surface area (Å²) in [5.41, 5.74) is 1.81. The molecule has 0 unspecified atom stereocenters. The summed E-state index contributed by atoms with van der Waals surface area (Å²) in [6.45, 7) is 7.37. The van der Waals surface area contributed by atoms with Crippen molar-refractivity contribution < 1.29 is 18.0 Å². The van der Waals surface area contributed by atoms with Gasteiger partial charge in [-0.05, 0) is 55.2 Å². The van der Waals surface area contributed by atoms with Crippen LogP contribution in [0.4, 0.5) is 5.69 Å². The minimum Gasteiger partial charge on any atom is -0.354 e. The highest BCUT2D eigenvalue weighted by Gasteiger charge is 2.30. The average Bonchev–Trinajstić information content (AvgIpc) is 2.73. The van der Waals surface area contributed by atoms with Gasteiger partial charge in [-0.1, -0.05) is 55.2 Å². The maximum Gasteiger partial charge on any atom is 0.244 e. The van der Waals surface area contributed by atoms with Gasteiger partial charge < -0.3 is 10.2 Å². The second kappa shape index (κ2) is 11.9. The van der Waals surface area contributed by atoms with Crippen LogP contribution in [0.5, 0.6) is 0 Å². The molecule has 0 saturated carbocycles. The number of carbonyl (C=O) groups excluding carboxylic acids is 2. The summed E-state index contributed by atoms with van der Waals surface area (Å²) in [5, 5.41) is 3.62. The van der Waals surface area contributed by atoms with Gasteiger partial charge >= 0.3 is 0 Å². The van der Waals surface area contributed by atoms with Crippen LogP contribution in [0.1, 0.15) is 31.9 Å². The number of aryl methyl sites for hydroxylation is 1. The van der Waals surface area contributed by atoms with Crippen LogP contribution in [-0.2, 0) is 26.2 Å². The molecule has 1 atom stereocenters. The Morgan fingerprint density at radius 3 is 2.29 bits per heavy atom. The summed E-state index contributed by atoms with van der Waals surface area (Å²) < 4.78 is 26.2. The lowest BCUT2D eigenvalue weighted by atomic mass is 10.1. The molecule has 0 bridgehead atoms. The van der Waals surface area contributed by atoms with E-state index < -0.39 is 28.5 Å². The number of benzene rings is 2. The molecule has 0 saturated heterocycles. The molecular weight excluding hydrogens is 497 g/mol. The van der Waals surface area contributed by atoms with Crippen molar-refractivity contribution >= 4 is 50.7 Å². The van der Waals surface area contributed by atoms with E-state index in [1.807, 2.05) is 26.8 Å². The predicted octanol–water partition coefficient (Wildman–Crippen LogP) is 4.26. The van der Waals surface area contributed by atoms with E-state index in [1.54, 1.807) is 43.3 Å². The summed E-state index contributed by atoms with van der Waals surface area (Å²) in [6.07, 6.45) is 1.04. The topological polar surface area (TPSA) is 86.8 Å². The fourth-order valence-electron chi connectivity index (χ4n) is 3.27. The first-order chi connectivity index (χ1) is 15.8. The number of sulfonamides is 1. The third-order valence-electron chi connectivity index (χ3n) is 5.18. The molecule has 0 aromatic heterocycles. The summed E-state index contributed by atoms with van der Waals surface area (Å²) >= 11 is 12.3. The smallest absolute Gasteiger partial charge is 0.244 e. The van der Waals surface area contributed by atoms with E-state index in [0.717, 1.165) is 16.1 Å². The van der Waals surface area contributed by atoms with Gasteiger partial charge in [0.05, 0.1) is 11.9 Å². The molecule has 7 nitrogen and oxygen atoms in total. The molecule has 0 fully saturated rings. The zero-order chi connectivity index (χ0) is 25.6. The van der Waals surface area contributed by atoms with E-state index in [1.165, 1.54) is 4.90 Å². The zero-order valence-electron chi connectivity index (χ0n) is 20.0.